The van der Waals surface area contributed by atoms with Crippen LogP contribution >= 0.6 is 0 Å². The van der Waals surface area contributed by atoms with Gasteiger partial charge in [-0.05, 0) is 59.6 Å². The lowest BCUT2D eigenvalue weighted by atomic mass is 9.79. The molecule has 0 bridgehead atoms. The molecule has 26 heavy (non-hydrogen) atoms. The van der Waals surface area contributed by atoms with Crippen LogP contribution < -0.4 is 0 Å². The highest BCUT2D eigenvalue weighted by Gasteiger charge is 2.22. The van der Waals surface area contributed by atoms with Crippen molar-refractivity contribution in [3.8, 4) is 11.3 Å². The molecule has 1 nitrogen and oxygen atoms in total. The van der Waals surface area contributed by atoms with Gasteiger partial charge < -0.3 is 0 Å². The van der Waals surface area contributed by atoms with Crippen molar-refractivity contribution < 1.29 is 0 Å². The van der Waals surface area contributed by atoms with E-state index in [-0.39, 0.29) is 10.8 Å². The van der Waals surface area contributed by atoms with Crippen LogP contribution in [0.4, 0.5) is 0 Å². The molecule has 0 saturated heterocycles. The summed E-state index contributed by atoms with van der Waals surface area (Å²) in [4.78, 5) is 5.10. The lowest BCUT2D eigenvalue weighted by molar-refractivity contribution is 0.572. The fourth-order valence-corrected chi connectivity index (χ4v) is 3.45. The smallest absolute Gasteiger partial charge is 0.0715 e. The minimum Gasteiger partial charge on any atom is -0.248 e. The Kier molecular flexibility index (Phi) is 4.46. The standard InChI is InChI=1S/C25H31N/c1-16-9-10-17(2)20(13-16)22-12-11-19-21(25(6,7)8)14-18(24(3,4)5)15-23(19)26-22/h9-15H,1-8H3. The summed E-state index contributed by atoms with van der Waals surface area (Å²) in [6.45, 7) is 18.0. The van der Waals surface area contributed by atoms with E-state index in [1.54, 1.807) is 0 Å². The molecule has 0 aliphatic heterocycles. The molecule has 1 heterocycles. The molecule has 3 aromatic rings. The third-order valence-corrected chi connectivity index (χ3v) is 5.15. The third-order valence-electron chi connectivity index (χ3n) is 5.15. The van der Waals surface area contributed by atoms with Gasteiger partial charge in [0.15, 0.2) is 0 Å². The first-order valence-corrected chi connectivity index (χ1v) is 9.50. The minimum absolute atomic E-state index is 0.0853. The number of fused-ring (bicyclic) bond motifs is 1. The van der Waals surface area contributed by atoms with E-state index >= 15 is 0 Å². The zero-order valence-corrected chi connectivity index (χ0v) is 17.5. The highest BCUT2D eigenvalue weighted by atomic mass is 14.7. The van der Waals surface area contributed by atoms with E-state index in [4.69, 9.17) is 4.98 Å². The second-order valence-electron chi connectivity index (χ2n) is 9.61. The molecule has 3 rings (SSSR count). The Hall–Kier alpha value is -2.15. The van der Waals surface area contributed by atoms with Gasteiger partial charge in [-0.15, -0.1) is 0 Å². The zero-order valence-electron chi connectivity index (χ0n) is 17.5. The summed E-state index contributed by atoms with van der Waals surface area (Å²) in [6.07, 6.45) is 0. The molecule has 2 aromatic carbocycles. The van der Waals surface area contributed by atoms with Crippen LogP contribution in [0, 0.1) is 13.8 Å². The van der Waals surface area contributed by atoms with Gasteiger partial charge in [-0.25, -0.2) is 4.98 Å². The molecule has 0 unspecified atom stereocenters. The first-order valence-electron chi connectivity index (χ1n) is 9.50. The van der Waals surface area contributed by atoms with E-state index in [1.165, 1.54) is 33.2 Å². The molecule has 0 aliphatic carbocycles. The van der Waals surface area contributed by atoms with Gasteiger partial charge >= 0.3 is 0 Å². The molecule has 1 heteroatoms. The average molecular weight is 346 g/mol. The Labute approximate surface area is 158 Å². The van der Waals surface area contributed by atoms with E-state index in [9.17, 15) is 0 Å². The lowest BCUT2D eigenvalue weighted by Crippen LogP contribution is -2.17. The predicted octanol–water partition coefficient (Wildman–Crippen LogP) is 7.11. The van der Waals surface area contributed by atoms with Gasteiger partial charge in [-0.2, -0.15) is 0 Å². The van der Waals surface area contributed by atoms with Crippen LogP contribution in [0.25, 0.3) is 22.2 Å². The topological polar surface area (TPSA) is 12.9 Å². The number of hydrogen-bond donors (Lipinski definition) is 0. The van der Waals surface area contributed by atoms with Crippen LogP contribution in [-0.2, 0) is 10.8 Å². The van der Waals surface area contributed by atoms with Crippen molar-refractivity contribution in [1.82, 2.24) is 4.98 Å². The number of pyridine rings is 1. The number of aromatic nitrogens is 1. The van der Waals surface area contributed by atoms with Crippen LogP contribution in [0.15, 0.2) is 42.5 Å². The summed E-state index contributed by atoms with van der Waals surface area (Å²) < 4.78 is 0. The molecule has 0 atom stereocenters. The van der Waals surface area contributed by atoms with Crippen molar-refractivity contribution in [2.75, 3.05) is 0 Å². The summed E-state index contributed by atoms with van der Waals surface area (Å²) in [6, 6.07) is 15.7. The summed E-state index contributed by atoms with van der Waals surface area (Å²) in [7, 11) is 0. The first-order chi connectivity index (χ1) is 12.0. The Morgan fingerprint density at radius 3 is 2.04 bits per heavy atom. The Morgan fingerprint density at radius 2 is 1.42 bits per heavy atom. The van der Waals surface area contributed by atoms with E-state index in [2.05, 4.69) is 97.9 Å². The third kappa shape index (κ3) is 3.53. The second-order valence-corrected chi connectivity index (χ2v) is 9.61. The predicted molar refractivity (Wildman–Crippen MR) is 114 cm³/mol. The van der Waals surface area contributed by atoms with Crippen LogP contribution in [0.2, 0.25) is 0 Å². The van der Waals surface area contributed by atoms with Crippen LogP contribution in [-0.4, -0.2) is 4.98 Å². The van der Waals surface area contributed by atoms with Gasteiger partial charge in [-0.3, -0.25) is 0 Å². The van der Waals surface area contributed by atoms with Gasteiger partial charge in [0.25, 0.3) is 0 Å². The first kappa shape index (κ1) is 18.6. The van der Waals surface area contributed by atoms with Crippen LogP contribution in [0.3, 0.4) is 0 Å². The maximum absolute atomic E-state index is 5.10. The molecule has 0 fully saturated rings. The van der Waals surface area contributed by atoms with E-state index in [1.807, 2.05) is 0 Å². The summed E-state index contributed by atoms with van der Waals surface area (Å²) in [5, 5.41) is 1.26. The van der Waals surface area contributed by atoms with E-state index in [0.717, 1.165) is 11.2 Å². The fraction of sp³-hybridized carbons (Fsp3) is 0.400. The lowest BCUT2D eigenvalue weighted by Gasteiger charge is -2.26. The maximum atomic E-state index is 5.10. The number of rotatable bonds is 1. The Bertz CT molecular complexity index is 966. The number of aryl methyl sites for hydroxylation is 2. The molecular weight excluding hydrogens is 314 g/mol. The SMILES string of the molecule is Cc1ccc(C)c(-c2ccc3c(C(C)(C)C)cc(C(C)(C)C)cc3n2)c1. The van der Waals surface area contributed by atoms with E-state index in [0.29, 0.717) is 0 Å². The van der Waals surface area contributed by atoms with Crippen molar-refractivity contribution in [3.05, 3.63) is 64.7 Å². The van der Waals surface area contributed by atoms with Gasteiger partial charge in [0.1, 0.15) is 0 Å². The number of nitrogens with zero attached hydrogens (tertiary/aromatic N) is 1. The van der Waals surface area contributed by atoms with Crippen molar-refractivity contribution in [3.63, 3.8) is 0 Å². The highest BCUT2D eigenvalue weighted by Crippen LogP contribution is 2.36. The second kappa shape index (κ2) is 6.23. The summed E-state index contributed by atoms with van der Waals surface area (Å²) in [5.41, 5.74) is 8.83. The molecule has 136 valence electrons. The van der Waals surface area contributed by atoms with Crippen molar-refractivity contribution >= 4 is 10.9 Å². The molecule has 0 N–H and O–H groups in total. The largest absolute Gasteiger partial charge is 0.248 e. The quantitative estimate of drug-likeness (QED) is 0.458. The number of benzene rings is 2. The molecule has 0 radical (unpaired) electrons. The molecular formula is C25H31N. The Balaban J connectivity index is 2.31. The normalized spacial score (nSPS) is 12.6. The Morgan fingerprint density at radius 1 is 0.731 bits per heavy atom. The van der Waals surface area contributed by atoms with Crippen LogP contribution in [0.5, 0.6) is 0 Å². The van der Waals surface area contributed by atoms with E-state index < -0.39 is 0 Å². The molecule has 0 amide bonds. The maximum Gasteiger partial charge on any atom is 0.0715 e. The van der Waals surface area contributed by atoms with Gasteiger partial charge in [0, 0.05) is 10.9 Å². The number of hydrogen-bond acceptors (Lipinski definition) is 1. The van der Waals surface area contributed by atoms with Crippen molar-refractivity contribution in [2.45, 2.75) is 66.2 Å². The van der Waals surface area contributed by atoms with Gasteiger partial charge in [0.05, 0.1) is 11.2 Å². The fourth-order valence-electron chi connectivity index (χ4n) is 3.45. The molecule has 0 spiro atoms. The van der Waals surface area contributed by atoms with Gasteiger partial charge in [-0.1, -0.05) is 71.4 Å². The zero-order chi connectivity index (χ0) is 19.3. The van der Waals surface area contributed by atoms with Crippen LogP contribution in [0.1, 0.15) is 63.8 Å². The average Bonchev–Trinajstić information content (AvgIpc) is 2.53. The van der Waals surface area contributed by atoms with Crippen molar-refractivity contribution in [2.24, 2.45) is 0 Å². The molecule has 0 saturated carbocycles. The van der Waals surface area contributed by atoms with Crippen molar-refractivity contribution in [1.29, 1.82) is 0 Å². The minimum atomic E-state index is 0.0853. The molecule has 1 aromatic heterocycles. The monoisotopic (exact) mass is 345 g/mol. The summed E-state index contributed by atoms with van der Waals surface area (Å²) in [5.74, 6) is 0. The highest BCUT2D eigenvalue weighted by molar-refractivity contribution is 5.87. The van der Waals surface area contributed by atoms with Gasteiger partial charge in [0.2, 0.25) is 0 Å². The molecule has 0 aliphatic rings. The summed E-state index contributed by atoms with van der Waals surface area (Å²) >= 11 is 0.